The fourth-order valence-electron chi connectivity index (χ4n) is 2.67. The zero-order chi connectivity index (χ0) is 15.5. The molecule has 3 heterocycles. The van der Waals surface area contributed by atoms with Crippen LogP contribution in [0.5, 0.6) is 0 Å². The van der Waals surface area contributed by atoms with Gasteiger partial charge in [-0.15, -0.1) is 0 Å². The maximum Gasteiger partial charge on any atom is 0.254 e. The van der Waals surface area contributed by atoms with Gasteiger partial charge in [-0.05, 0) is 25.0 Å². The normalized spacial score (nSPS) is 18.3. The summed E-state index contributed by atoms with van der Waals surface area (Å²) in [5, 5.41) is 7.72. The molecule has 1 aliphatic rings. The summed E-state index contributed by atoms with van der Waals surface area (Å²) in [5.41, 5.74) is 0.587. The first-order valence-corrected chi connectivity index (χ1v) is 7.65. The number of nitrogens with zero attached hydrogens (tertiary/aromatic N) is 4. The van der Waals surface area contributed by atoms with Crippen molar-refractivity contribution < 1.29 is 4.79 Å². The molecule has 1 atom stereocenters. The predicted molar refractivity (Wildman–Crippen MR) is 85.2 cm³/mol. The van der Waals surface area contributed by atoms with Gasteiger partial charge >= 0.3 is 0 Å². The number of piperidine rings is 1. The molecule has 2 aromatic heterocycles. The van der Waals surface area contributed by atoms with Gasteiger partial charge in [-0.2, -0.15) is 5.10 Å². The van der Waals surface area contributed by atoms with Crippen LogP contribution in [0.1, 0.15) is 23.2 Å². The monoisotopic (exact) mass is 319 g/mol. The number of rotatable bonds is 3. The molecule has 1 N–H and O–H groups in total. The van der Waals surface area contributed by atoms with E-state index in [9.17, 15) is 4.79 Å². The summed E-state index contributed by atoms with van der Waals surface area (Å²) in [6.07, 6.45) is 6.93. The largest absolute Gasteiger partial charge is 0.355 e. The topological polar surface area (TPSA) is 63.1 Å². The lowest BCUT2D eigenvalue weighted by Crippen LogP contribution is -2.48. The SMILES string of the molecule is Cn1cc(C(=O)NC2CCCN(c3ccc(Cl)cn3)C2)cn1. The molecule has 2 aromatic rings. The van der Waals surface area contributed by atoms with E-state index >= 15 is 0 Å². The van der Waals surface area contributed by atoms with Crippen molar-refractivity contribution in [3.05, 3.63) is 41.3 Å². The number of halogens is 1. The predicted octanol–water partition coefficient (Wildman–Crippen LogP) is 1.87. The molecule has 22 heavy (non-hydrogen) atoms. The van der Waals surface area contributed by atoms with Crippen molar-refractivity contribution in [3.8, 4) is 0 Å². The summed E-state index contributed by atoms with van der Waals surface area (Å²) in [7, 11) is 1.80. The molecule has 1 unspecified atom stereocenters. The number of hydrogen-bond donors (Lipinski definition) is 1. The van der Waals surface area contributed by atoms with E-state index in [1.165, 1.54) is 0 Å². The number of nitrogens with one attached hydrogen (secondary N) is 1. The number of hydrogen-bond acceptors (Lipinski definition) is 4. The van der Waals surface area contributed by atoms with Crippen molar-refractivity contribution >= 4 is 23.3 Å². The lowest BCUT2D eigenvalue weighted by molar-refractivity contribution is 0.0933. The Morgan fingerprint density at radius 1 is 1.41 bits per heavy atom. The minimum Gasteiger partial charge on any atom is -0.355 e. The summed E-state index contributed by atoms with van der Waals surface area (Å²) in [5.74, 6) is 0.814. The van der Waals surface area contributed by atoms with E-state index in [1.807, 2.05) is 12.1 Å². The van der Waals surface area contributed by atoms with E-state index in [2.05, 4.69) is 20.3 Å². The number of carbonyl (C=O) groups excluding carboxylic acids is 1. The minimum absolute atomic E-state index is 0.0796. The van der Waals surface area contributed by atoms with Crippen LogP contribution < -0.4 is 10.2 Å². The van der Waals surface area contributed by atoms with Crippen molar-refractivity contribution in [2.24, 2.45) is 7.05 Å². The Labute approximate surface area is 134 Å². The van der Waals surface area contributed by atoms with E-state index in [0.717, 1.165) is 31.7 Å². The van der Waals surface area contributed by atoms with Gasteiger partial charge in [0, 0.05) is 38.6 Å². The third kappa shape index (κ3) is 3.39. The van der Waals surface area contributed by atoms with Crippen LogP contribution in [0, 0.1) is 0 Å². The Morgan fingerprint density at radius 3 is 2.95 bits per heavy atom. The lowest BCUT2D eigenvalue weighted by Gasteiger charge is -2.33. The highest BCUT2D eigenvalue weighted by Crippen LogP contribution is 2.19. The third-order valence-electron chi connectivity index (χ3n) is 3.76. The van der Waals surface area contributed by atoms with Crippen molar-refractivity contribution in [1.82, 2.24) is 20.1 Å². The van der Waals surface area contributed by atoms with Gasteiger partial charge < -0.3 is 10.2 Å². The molecule has 6 nitrogen and oxygen atoms in total. The van der Waals surface area contributed by atoms with Gasteiger partial charge in [0.2, 0.25) is 0 Å². The molecule has 1 saturated heterocycles. The van der Waals surface area contributed by atoms with Crippen molar-refractivity contribution in [2.45, 2.75) is 18.9 Å². The van der Waals surface area contributed by atoms with Crippen molar-refractivity contribution in [1.29, 1.82) is 0 Å². The number of pyridine rings is 1. The average molecular weight is 320 g/mol. The quantitative estimate of drug-likeness (QED) is 0.938. The summed E-state index contributed by atoms with van der Waals surface area (Å²) < 4.78 is 1.62. The summed E-state index contributed by atoms with van der Waals surface area (Å²) >= 11 is 5.87. The highest BCUT2D eigenvalue weighted by atomic mass is 35.5. The molecule has 0 bridgehead atoms. The second kappa shape index (κ2) is 6.36. The Kier molecular flexibility index (Phi) is 4.29. The number of anilines is 1. The molecule has 3 rings (SSSR count). The molecular weight excluding hydrogens is 302 g/mol. The van der Waals surface area contributed by atoms with Crippen LogP contribution in [-0.2, 0) is 7.05 Å². The Bertz CT molecular complexity index is 654. The zero-order valence-corrected chi connectivity index (χ0v) is 13.1. The molecule has 7 heteroatoms. The van der Waals surface area contributed by atoms with Crippen LogP contribution in [0.25, 0.3) is 0 Å². The van der Waals surface area contributed by atoms with Crippen molar-refractivity contribution in [3.63, 3.8) is 0 Å². The molecule has 1 aliphatic heterocycles. The number of carbonyl (C=O) groups is 1. The molecule has 0 radical (unpaired) electrons. The van der Waals surface area contributed by atoms with Crippen LogP contribution in [0.3, 0.4) is 0 Å². The standard InChI is InChI=1S/C15H18ClN5O/c1-20-9-11(7-18-20)15(22)19-13-3-2-6-21(10-13)14-5-4-12(16)8-17-14/h4-5,7-9,13H,2-3,6,10H2,1H3,(H,19,22). The summed E-state index contributed by atoms with van der Waals surface area (Å²) in [6.45, 7) is 1.69. The fraction of sp³-hybridized carbons (Fsp3) is 0.400. The molecule has 1 fully saturated rings. The summed E-state index contributed by atoms with van der Waals surface area (Å²) in [6, 6.07) is 3.86. The molecule has 116 valence electrons. The van der Waals surface area contributed by atoms with Gasteiger partial charge in [-0.1, -0.05) is 11.6 Å². The van der Waals surface area contributed by atoms with E-state index in [1.54, 1.807) is 30.3 Å². The first kappa shape index (κ1) is 14.8. The third-order valence-corrected chi connectivity index (χ3v) is 3.98. The van der Waals surface area contributed by atoms with Gasteiger partial charge in [0.25, 0.3) is 5.91 Å². The van der Waals surface area contributed by atoms with Crippen LogP contribution >= 0.6 is 11.6 Å². The average Bonchev–Trinajstić information content (AvgIpc) is 2.95. The Hall–Kier alpha value is -2.08. The van der Waals surface area contributed by atoms with Crippen molar-refractivity contribution in [2.75, 3.05) is 18.0 Å². The molecule has 0 aromatic carbocycles. The Balaban J connectivity index is 1.63. The molecule has 1 amide bonds. The van der Waals surface area contributed by atoms with Gasteiger partial charge in [0.05, 0.1) is 16.8 Å². The second-order valence-corrected chi connectivity index (χ2v) is 5.93. The molecule has 0 saturated carbocycles. The summed E-state index contributed by atoms with van der Waals surface area (Å²) in [4.78, 5) is 18.7. The smallest absolute Gasteiger partial charge is 0.254 e. The first-order valence-electron chi connectivity index (χ1n) is 7.28. The highest BCUT2D eigenvalue weighted by molar-refractivity contribution is 6.30. The maximum atomic E-state index is 12.2. The van der Waals surface area contributed by atoms with Crippen LogP contribution in [0.15, 0.2) is 30.7 Å². The van der Waals surface area contributed by atoms with Crippen LogP contribution in [0.4, 0.5) is 5.82 Å². The number of aryl methyl sites for hydroxylation is 1. The highest BCUT2D eigenvalue weighted by Gasteiger charge is 2.23. The number of aromatic nitrogens is 3. The second-order valence-electron chi connectivity index (χ2n) is 5.50. The Morgan fingerprint density at radius 2 is 2.27 bits per heavy atom. The maximum absolute atomic E-state index is 12.2. The molecular formula is C15H18ClN5O. The minimum atomic E-state index is -0.0796. The van der Waals surface area contributed by atoms with Gasteiger partial charge in [-0.3, -0.25) is 9.48 Å². The van der Waals surface area contributed by atoms with E-state index < -0.39 is 0 Å². The van der Waals surface area contributed by atoms with Crippen LogP contribution in [-0.4, -0.2) is 39.8 Å². The van der Waals surface area contributed by atoms with E-state index in [0.29, 0.717) is 10.6 Å². The van der Waals surface area contributed by atoms with Gasteiger partial charge in [0.1, 0.15) is 5.82 Å². The van der Waals surface area contributed by atoms with Crippen LogP contribution in [0.2, 0.25) is 5.02 Å². The fourth-order valence-corrected chi connectivity index (χ4v) is 2.78. The van der Waals surface area contributed by atoms with E-state index in [4.69, 9.17) is 11.6 Å². The number of amides is 1. The molecule has 0 spiro atoms. The van der Waals surface area contributed by atoms with Gasteiger partial charge in [-0.25, -0.2) is 4.98 Å². The van der Waals surface area contributed by atoms with Gasteiger partial charge in [0.15, 0.2) is 0 Å². The zero-order valence-electron chi connectivity index (χ0n) is 12.4. The van der Waals surface area contributed by atoms with E-state index in [-0.39, 0.29) is 11.9 Å². The molecule has 0 aliphatic carbocycles. The first-order chi connectivity index (χ1) is 10.6. The lowest BCUT2D eigenvalue weighted by atomic mass is 10.1.